The molecule has 0 aliphatic carbocycles. The van der Waals surface area contributed by atoms with Crippen molar-refractivity contribution in [2.45, 2.75) is 34.6 Å². The molecule has 0 radical (unpaired) electrons. The molecule has 4 rings (SSSR count). The lowest BCUT2D eigenvalue weighted by Gasteiger charge is -2.12. The van der Waals surface area contributed by atoms with Crippen molar-refractivity contribution in [3.8, 4) is 39.9 Å². The summed E-state index contributed by atoms with van der Waals surface area (Å²) in [6, 6.07) is 18.0. The lowest BCUT2D eigenvalue weighted by atomic mass is 10.0. The van der Waals surface area contributed by atoms with Gasteiger partial charge in [-0.25, -0.2) is 15.0 Å². The van der Waals surface area contributed by atoms with Gasteiger partial charge >= 0.3 is 0 Å². The zero-order chi connectivity index (χ0) is 21.4. The molecule has 0 saturated carbocycles. The van der Waals surface area contributed by atoms with E-state index < -0.39 is 0 Å². The fraction of sp³-hybridized carbons (Fsp3) is 0.192. The molecule has 0 aliphatic rings. The Morgan fingerprint density at radius 2 is 0.867 bits per heavy atom. The summed E-state index contributed by atoms with van der Waals surface area (Å²) >= 11 is 0. The van der Waals surface area contributed by atoms with Gasteiger partial charge in [0.15, 0.2) is 17.5 Å². The van der Waals surface area contributed by atoms with Crippen LogP contribution in [-0.2, 0) is 0 Å². The van der Waals surface area contributed by atoms with Crippen LogP contribution in [0.2, 0.25) is 0 Å². The van der Waals surface area contributed by atoms with E-state index in [-0.39, 0.29) is 5.75 Å². The Morgan fingerprint density at radius 3 is 1.27 bits per heavy atom. The zero-order valence-corrected chi connectivity index (χ0v) is 18.0. The van der Waals surface area contributed by atoms with Gasteiger partial charge < -0.3 is 5.11 Å². The van der Waals surface area contributed by atoms with Crippen LogP contribution in [0.15, 0.2) is 54.6 Å². The molecule has 3 aromatic carbocycles. The van der Waals surface area contributed by atoms with E-state index >= 15 is 0 Å². The van der Waals surface area contributed by atoms with Crippen LogP contribution in [0, 0.1) is 34.6 Å². The number of phenolic OH excluding ortho intramolecular Hbond substituents is 1. The van der Waals surface area contributed by atoms with Gasteiger partial charge in [0.25, 0.3) is 0 Å². The van der Waals surface area contributed by atoms with Crippen molar-refractivity contribution in [2.24, 2.45) is 0 Å². The van der Waals surface area contributed by atoms with Gasteiger partial charge in [-0.2, -0.15) is 0 Å². The first-order valence-corrected chi connectivity index (χ1v) is 10.0. The first-order chi connectivity index (χ1) is 14.3. The maximum Gasteiger partial charge on any atom is 0.167 e. The number of hydrogen-bond acceptors (Lipinski definition) is 4. The molecule has 30 heavy (non-hydrogen) atoms. The Kier molecular flexibility index (Phi) is 5.08. The fourth-order valence-electron chi connectivity index (χ4n) is 3.70. The van der Waals surface area contributed by atoms with Gasteiger partial charge in [0.1, 0.15) is 5.75 Å². The van der Waals surface area contributed by atoms with Gasteiger partial charge in [-0.05, 0) is 63.4 Å². The monoisotopic (exact) mass is 395 g/mol. The first-order valence-electron chi connectivity index (χ1n) is 10.0. The predicted molar refractivity (Wildman–Crippen MR) is 121 cm³/mol. The third kappa shape index (κ3) is 3.81. The SMILES string of the molecule is Cc1ccc(-c2nc(-c3ccc(C)cc3C)nc(-c3ccc(C)cc3O)n2)c(C)c1. The molecule has 4 nitrogen and oxygen atoms in total. The van der Waals surface area contributed by atoms with E-state index in [9.17, 15) is 5.11 Å². The highest BCUT2D eigenvalue weighted by molar-refractivity contribution is 5.72. The van der Waals surface area contributed by atoms with Crippen molar-refractivity contribution in [3.63, 3.8) is 0 Å². The van der Waals surface area contributed by atoms with Crippen molar-refractivity contribution >= 4 is 0 Å². The number of hydrogen-bond donors (Lipinski definition) is 1. The maximum atomic E-state index is 10.5. The lowest BCUT2D eigenvalue weighted by Crippen LogP contribution is -2.02. The summed E-state index contributed by atoms with van der Waals surface area (Å²) in [4.78, 5) is 14.3. The van der Waals surface area contributed by atoms with Gasteiger partial charge in [0, 0.05) is 11.1 Å². The molecule has 0 atom stereocenters. The molecule has 1 aromatic heterocycles. The summed E-state index contributed by atoms with van der Waals surface area (Å²) < 4.78 is 0. The summed E-state index contributed by atoms with van der Waals surface area (Å²) in [6.07, 6.45) is 0. The molecule has 0 unspecified atom stereocenters. The minimum absolute atomic E-state index is 0.166. The van der Waals surface area contributed by atoms with Crippen molar-refractivity contribution in [1.29, 1.82) is 0 Å². The van der Waals surface area contributed by atoms with E-state index in [0.717, 1.165) is 27.8 Å². The molecule has 0 aliphatic heterocycles. The zero-order valence-electron chi connectivity index (χ0n) is 18.0. The quantitative estimate of drug-likeness (QED) is 0.454. The van der Waals surface area contributed by atoms with E-state index in [0.29, 0.717) is 23.0 Å². The van der Waals surface area contributed by atoms with E-state index in [1.54, 1.807) is 6.07 Å². The Balaban J connectivity index is 1.98. The first kappa shape index (κ1) is 19.8. The maximum absolute atomic E-state index is 10.5. The van der Waals surface area contributed by atoms with Crippen LogP contribution in [0.5, 0.6) is 5.75 Å². The molecule has 0 spiro atoms. The predicted octanol–water partition coefficient (Wildman–Crippen LogP) is 6.12. The van der Waals surface area contributed by atoms with Crippen LogP contribution in [-0.4, -0.2) is 20.1 Å². The number of aromatic nitrogens is 3. The minimum atomic E-state index is 0.166. The van der Waals surface area contributed by atoms with Crippen LogP contribution in [0.25, 0.3) is 34.2 Å². The lowest BCUT2D eigenvalue weighted by molar-refractivity contribution is 0.476. The largest absolute Gasteiger partial charge is 0.507 e. The molecular formula is C26H25N3O. The van der Waals surface area contributed by atoms with Crippen LogP contribution in [0.3, 0.4) is 0 Å². The van der Waals surface area contributed by atoms with Crippen molar-refractivity contribution in [1.82, 2.24) is 15.0 Å². The molecule has 150 valence electrons. The second-order valence-electron chi connectivity index (χ2n) is 7.96. The van der Waals surface area contributed by atoms with Gasteiger partial charge in [-0.15, -0.1) is 0 Å². The number of phenols is 1. The average molecular weight is 396 g/mol. The highest BCUT2D eigenvalue weighted by Gasteiger charge is 2.16. The third-order valence-corrected chi connectivity index (χ3v) is 5.28. The Morgan fingerprint density at radius 1 is 0.500 bits per heavy atom. The van der Waals surface area contributed by atoms with E-state index in [1.165, 1.54) is 11.1 Å². The Hall–Kier alpha value is -3.53. The summed E-state index contributed by atoms with van der Waals surface area (Å²) in [6.45, 7) is 10.2. The van der Waals surface area contributed by atoms with Gasteiger partial charge in [0.05, 0.1) is 5.56 Å². The fourth-order valence-corrected chi connectivity index (χ4v) is 3.70. The van der Waals surface area contributed by atoms with Crippen molar-refractivity contribution in [3.05, 3.63) is 82.4 Å². The molecule has 1 heterocycles. The highest BCUT2D eigenvalue weighted by atomic mass is 16.3. The van der Waals surface area contributed by atoms with Crippen LogP contribution < -0.4 is 0 Å². The molecule has 1 N–H and O–H groups in total. The molecule has 0 bridgehead atoms. The number of benzene rings is 3. The normalized spacial score (nSPS) is 11.0. The van der Waals surface area contributed by atoms with Gasteiger partial charge in [-0.1, -0.05) is 53.6 Å². The van der Waals surface area contributed by atoms with E-state index in [2.05, 4.69) is 52.0 Å². The summed E-state index contributed by atoms with van der Waals surface area (Å²) in [5.74, 6) is 1.84. The smallest absolute Gasteiger partial charge is 0.167 e. The summed E-state index contributed by atoms with van der Waals surface area (Å²) in [5.41, 5.74) is 8.09. The van der Waals surface area contributed by atoms with Crippen molar-refractivity contribution in [2.75, 3.05) is 0 Å². The van der Waals surface area contributed by atoms with Crippen LogP contribution in [0.1, 0.15) is 27.8 Å². The highest BCUT2D eigenvalue weighted by Crippen LogP contribution is 2.32. The molecule has 0 amide bonds. The average Bonchev–Trinajstić information content (AvgIpc) is 2.67. The minimum Gasteiger partial charge on any atom is -0.507 e. The summed E-state index contributed by atoms with van der Waals surface area (Å²) in [5, 5.41) is 10.5. The number of rotatable bonds is 3. The van der Waals surface area contributed by atoms with Crippen LogP contribution in [0.4, 0.5) is 0 Å². The standard InChI is InChI=1S/C26H25N3O/c1-15-6-9-20(18(4)12-15)24-27-25(21-10-7-16(2)13-19(21)5)29-26(28-24)22-11-8-17(3)14-23(22)30/h6-14,30H,1-5H3. The Labute approximate surface area is 177 Å². The van der Waals surface area contributed by atoms with Gasteiger partial charge in [-0.3, -0.25) is 0 Å². The number of aromatic hydroxyl groups is 1. The van der Waals surface area contributed by atoms with E-state index in [4.69, 9.17) is 15.0 Å². The second kappa shape index (κ2) is 7.71. The van der Waals surface area contributed by atoms with E-state index in [1.807, 2.05) is 31.2 Å². The number of aryl methyl sites for hydroxylation is 5. The molecule has 4 heteroatoms. The topological polar surface area (TPSA) is 58.9 Å². The molecule has 4 aromatic rings. The van der Waals surface area contributed by atoms with Crippen LogP contribution >= 0.6 is 0 Å². The third-order valence-electron chi connectivity index (χ3n) is 5.28. The molecular weight excluding hydrogens is 370 g/mol. The summed E-state index contributed by atoms with van der Waals surface area (Å²) in [7, 11) is 0. The second-order valence-corrected chi connectivity index (χ2v) is 7.96. The number of nitrogens with zero attached hydrogens (tertiary/aromatic N) is 3. The molecule has 0 fully saturated rings. The Bertz CT molecular complexity index is 1090. The molecule has 0 saturated heterocycles. The van der Waals surface area contributed by atoms with Gasteiger partial charge in [0.2, 0.25) is 0 Å². The van der Waals surface area contributed by atoms with Crippen molar-refractivity contribution < 1.29 is 5.11 Å².